The molecule has 2 rings (SSSR count). The lowest BCUT2D eigenvalue weighted by Gasteiger charge is -2.25. The van der Waals surface area contributed by atoms with Gasteiger partial charge in [-0.05, 0) is 25.1 Å². The molecule has 0 aromatic carbocycles. The molecule has 0 atom stereocenters. The Morgan fingerprint density at radius 1 is 1.26 bits per heavy atom. The second-order valence-electron chi connectivity index (χ2n) is 4.97. The Morgan fingerprint density at radius 2 is 1.95 bits per heavy atom. The molecule has 1 aliphatic rings. The highest BCUT2D eigenvalue weighted by Gasteiger charge is 2.21. The van der Waals surface area contributed by atoms with Gasteiger partial charge in [0.25, 0.3) is 0 Å². The van der Waals surface area contributed by atoms with E-state index in [4.69, 9.17) is 0 Å². The first-order chi connectivity index (χ1) is 9.09. The first-order valence-electron chi connectivity index (χ1n) is 6.80. The molecule has 2 heterocycles. The van der Waals surface area contributed by atoms with Gasteiger partial charge in [-0.1, -0.05) is 6.92 Å². The Kier molecular flexibility index (Phi) is 5.38. The van der Waals surface area contributed by atoms with Gasteiger partial charge in [0.05, 0.1) is 11.5 Å². The predicted octanol–water partition coefficient (Wildman–Crippen LogP) is 1.48. The molecule has 1 N–H and O–H groups in total. The second-order valence-corrected chi connectivity index (χ2v) is 8.53. The fourth-order valence-corrected chi connectivity index (χ4v) is 4.43. The molecule has 0 radical (unpaired) electrons. The third-order valence-electron chi connectivity index (χ3n) is 3.26. The molecule has 1 aliphatic heterocycles. The maximum atomic E-state index is 11.4. The first kappa shape index (κ1) is 15.0. The molecular formula is C13H22N2O2S2. The predicted molar refractivity (Wildman–Crippen MR) is 80.2 cm³/mol. The van der Waals surface area contributed by atoms with Crippen LogP contribution < -0.4 is 5.32 Å². The van der Waals surface area contributed by atoms with E-state index in [1.807, 2.05) is 11.3 Å². The highest BCUT2D eigenvalue weighted by molar-refractivity contribution is 7.91. The summed E-state index contributed by atoms with van der Waals surface area (Å²) in [7, 11) is -2.77. The van der Waals surface area contributed by atoms with E-state index < -0.39 is 9.84 Å². The van der Waals surface area contributed by atoms with Gasteiger partial charge in [-0.15, -0.1) is 11.3 Å². The van der Waals surface area contributed by atoms with Crippen LogP contribution in [-0.2, 0) is 22.9 Å². The lowest BCUT2D eigenvalue weighted by atomic mass is 10.3. The van der Waals surface area contributed by atoms with Crippen LogP contribution in [-0.4, -0.2) is 44.5 Å². The molecule has 1 aromatic heterocycles. The molecule has 1 saturated heterocycles. The minimum atomic E-state index is -2.77. The molecule has 6 heteroatoms. The maximum Gasteiger partial charge on any atom is 0.152 e. The summed E-state index contributed by atoms with van der Waals surface area (Å²) in [6.45, 7) is 6.38. The topological polar surface area (TPSA) is 49.4 Å². The van der Waals surface area contributed by atoms with Gasteiger partial charge in [0.2, 0.25) is 0 Å². The molecule has 0 bridgehead atoms. The summed E-state index contributed by atoms with van der Waals surface area (Å²) in [6.07, 6.45) is 1.15. The molecule has 19 heavy (non-hydrogen) atoms. The Hall–Kier alpha value is -0.430. The van der Waals surface area contributed by atoms with Crippen molar-refractivity contribution in [2.45, 2.75) is 26.4 Å². The van der Waals surface area contributed by atoms with Crippen molar-refractivity contribution in [3.8, 4) is 0 Å². The van der Waals surface area contributed by atoms with Crippen LogP contribution in [0.5, 0.6) is 0 Å². The molecule has 0 unspecified atom stereocenters. The lowest BCUT2D eigenvalue weighted by molar-refractivity contribution is 0.290. The summed E-state index contributed by atoms with van der Waals surface area (Å²) in [5, 5.41) is 3.40. The van der Waals surface area contributed by atoms with Gasteiger partial charge in [-0.2, -0.15) is 0 Å². The van der Waals surface area contributed by atoms with Crippen molar-refractivity contribution in [1.82, 2.24) is 10.2 Å². The van der Waals surface area contributed by atoms with E-state index in [2.05, 4.69) is 29.3 Å². The van der Waals surface area contributed by atoms with Crippen molar-refractivity contribution in [2.24, 2.45) is 0 Å². The highest BCUT2D eigenvalue weighted by atomic mass is 32.2. The molecule has 0 aliphatic carbocycles. The van der Waals surface area contributed by atoms with Gasteiger partial charge in [-0.3, -0.25) is 4.90 Å². The monoisotopic (exact) mass is 302 g/mol. The van der Waals surface area contributed by atoms with Crippen LogP contribution >= 0.6 is 11.3 Å². The van der Waals surface area contributed by atoms with Gasteiger partial charge in [0, 0.05) is 35.9 Å². The molecule has 0 spiro atoms. The fraction of sp³-hybridized carbons (Fsp3) is 0.692. The highest BCUT2D eigenvalue weighted by Crippen LogP contribution is 2.19. The van der Waals surface area contributed by atoms with Crippen LogP contribution in [0.1, 0.15) is 23.1 Å². The molecule has 0 saturated carbocycles. The summed E-state index contributed by atoms with van der Waals surface area (Å²) in [5.41, 5.74) is 0. The standard InChI is InChI=1S/C13H22N2O2S2/c1-2-5-14-10-12-3-4-13(18-12)11-15-6-8-19(16,17)9-7-15/h3-4,14H,2,5-11H2,1H3. The van der Waals surface area contributed by atoms with Crippen LogP contribution in [0.15, 0.2) is 12.1 Å². The third kappa shape index (κ3) is 4.87. The number of hydrogen-bond acceptors (Lipinski definition) is 5. The summed E-state index contributed by atoms with van der Waals surface area (Å²) in [5.74, 6) is 0.618. The van der Waals surface area contributed by atoms with E-state index in [0.29, 0.717) is 24.6 Å². The van der Waals surface area contributed by atoms with Crippen molar-refractivity contribution < 1.29 is 8.42 Å². The number of thiophene rings is 1. The van der Waals surface area contributed by atoms with E-state index in [1.165, 1.54) is 9.75 Å². The Bertz CT molecular complexity index is 482. The SMILES string of the molecule is CCCNCc1ccc(CN2CCS(=O)(=O)CC2)s1. The molecule has 108 valence electrons. The molecular weight excluding hydrogens is 280 g/mol. The lowest BCUT2D eigenvalue weighted by Crippen LogP contribution is -2.39. The van der Waals surface area contributed by atoms with Crippen molar-refractivity contribution in [1.29, 1.82) is 0 Å². The maximum absolute atomic E-state index is 11.4. The third-order valence-corrected chi connectivity index (χ3v) is 5.94. The van der Waals surface area contributed by atoms with Gasteiger partial charge in [0.15, 0.2) is 9.84 Å². The minimum absolute atomic E-state index is 0.309. The Labute approximate surface area is 119 Å². The van der Waals surface area contributed by atoms with E-state index in [-0.39, 0.29) is 0 Å². The van der Waals surface area contributed by atoms with Gasteiger partial charge >= 0.3 is 0 Å². The van der Waals surface area contributed by atoms with E-state index in [9.17, 15) is 8.42 Å². The van der Waals surface area contributed by atoms with Crippen LogP contribution in [0.2, 0.25) is 0 Å². The van der Waals surface area contributed by atoms with Gasteiger partial charge in [0.1, 0.15) is 0 Å². The second kappa shape index (κ2) is 6.83. The van der Waals surface area contributed by atoms with Gasteiger partial charge < -0.3 is 5.32 Å². The summed E-state index contributed by atoms with van der Waals surface area (Å²) >= 11 is 1.82. The number of nitrogens with zero attached hydrogens (tertiary/aromatic N) is 1. The zero-order valence-corrected chi connectivity index (χ0v) is 13.0. The van der Waals surface area contributed by atoms with Crippen LogP contribution in [0.25, 0.3) is 0 Å². The summed E-state index contributed by atoms with van der Waals surface area (Å²) < 4.78 is 22.7. The molecule has 1 fully saturated rings. The number of hydrogen-bond donors (Lipinski definition) is 1. The van der Waals surface area contributed by atoms with Crippen LogP contribution in [0, 0.1) is 0 Å². The molecule has 0 amide bonds. The average molecular weight is 302 g/mol. The fourth-order valence-electron chi connectivity index (χ4n) is 2.12. The van der Waals surface area contributed by atoms with Crippen molar-refractivity contribution in [3.05, 3.63) is 21.9 Å². The van der Waals surface area contributed by atoms with Gasteiger partial charge in [-0.25, -0.2) is 8.42 Å². The Balaban J connectivity index is 1.80. The van der Waals surface area contributed by atoms with Crippen molar-refractivity contribution >= 4 is 21.2 Å². The number of sulfone groups is 1. The van der Waals surface area contributed by atoms with E-state index >= 15 is 0 Å². The molecule has 1 aromatic rings. The first-order valence-corrected chi connectivity index (χ1v) is 9.44. The number of nitrogens with one attached hydrogen (secondary N) is 1. The summed E-state index contributed by atoms with van der Waals surface area (Å²) in [4.78, 5) is 4.91. The van der Waals surface area contributed by atoms with E-state index in [0.717, 1.165) is 26.1 Å². The zero-order valence-electron chi connectivity index (χ0n) is 11.4. The average Bonchev–Trinajstić information content (AvgIpc) is 2.80. The van der Waals surface area contributed by atoms with Crippen molar-refractivity contribution in [2.75, 3.05) is 31.1 Å². The van der Waals surface area contributed by atoms with Crippen LogP contribution in [0.3, 0.4) is 0 Å². The normalized spacial score (nSPS) is 19.6. The summed E-state index contributed by atoms with van der Waals surface area (Å²) in [6, 6.07) is 4.33. The smallest absolute Gasteiger partial charge is 0.152 e. The molecule has 4 nitrogen and oxygen atoms in total. The van der Waals surface area contributed by atoms with Crippen LogP contribution in [0.4, 0.5) is 0 Å². The minimum Gasteiger partial charge on any atom is -0.312 e. The largest absolute Gasteiger partial charge is 0.312 e. The quantitative estimate of drug-likeness (QED) is 0.809. The zero-order chi connectivity index (χ0) is 13.7. The Morgan fingerprint density at radius 3 is 2.63 bits per heavy atom. The van der Waals surface area contributed by atoms with Crippen molar-refractivity contribution in [3.63, 3.8) is 0 Å². The number of rotatable bonds is 6. The van der Waals surface area contributed by atoms with E-state index in [1.54, 1.807) is 0 Å².